The standard InChI is InChI=1S/C14H9ClF3N5/c15-9-5-19-11(20-6-9)7-23-14(21-13(22-23)12(17)18)8-1-3-10(16)4-2-8/h1-6,12H,7H2. The van der Waals surface area contributed by atoms with Crippen molar-refractivity contribution in [1.29, 1.82) is 0 Å². The highest BCUT2D eigenvalue weighted by Crippen LogP contribution is 2.22. The van der Waals surface area contributed by atoms with Gasteiger partial charge in [0.15, 0.2) is 5.82 Å². The Balaban J connectivity index is 2.00. The van der Waals surface area contributed by atoms with Gasteiger partial charge < -0.3 is 0 Å². The van der Waals surface area contributed by atoms with Crippen LogP contribution in [0.15, 0.2) is 36.7 Å². The molecule has 0 spiro atoms. The van der Waals surface area contributed by atoms with Crippen molar-refractivity contribution in [2.45, 2.75) is 13.0 Å². The highest BCUT2D eigenvalue weighted by Gasteiger charge is 2.19. The number of rotatable bonds is 4. The first-order valence-electron chi connectivity index (χ1n) is 6.48. The third kappa shape index (κ3) is 3.48. The lowest BCUT2D eigenvalue weighted by molar-refractivity contribution is 0.140. The van der Waals surface area contributed by atoms with E-state index >= 15 is 0 Å². The first-order chi connectivity index (χ1) is 11.0. The van der Waals surface area contributed by atoms with E-state index in [2.05, 4.69) is 20.1 Å². The second kappa shape index (κ2) is 6.33. The molecule has 3 rings (SSSR count). The van der Waals surface area contributed by atoms with Gasteiger partial charge in [-0.2, -0.15) is 0 Å². The average Bonchev–Trinajstić information content (AvgIpc) is 2.94. The van der Waals surface area contributed by atoms with Crippen molar-refractivity contribution in [3.8, 4) is 11.4 Å². The summed E-state index contributed by atoms with van der Waals surface area (Å²) in [6, 6.07) is 5.31. The van der Waals surface area contributed by atoms with Crippen LogP contribution in [-0.4, -0.2) is 24.7 Å². The van der Waals surface area contributed by atoms with Crippen molar-refractivity contribution in [2.24, 2.45) is 0 Å². The van der Waals surface area contributed by atoms with Crippen LogP contribution in [0.1, 0.15) is 18.1 Å². The van der Waals surface area contributed by atoms with E-state index < -0.39 is 18.1 Å². The van der Waals surface area contributed by atoms with E-state index in [1.165, 1.54) is 41.3 Å². The van der Waals surface area contributed by atoms with Gasteiger partial charge >= 0.3 is 0 Å². The van der Waals surface area contributed by atoms with Crippen molar-refractivity contribution in [2.75, 3.05) is 0 Å². The molecule has 9 heteroatoms. The lowest BCUT2D eigenvalue weighted by Gasteiger charge is -2.05. The van der Waals surface area contributed by atoms with Gasteiger partial charge in [0, 0.05) is 18.0 Å². The Morgan fingerprint density at radius 1 is 1.09 bits per heavy atom. The fourth-order valence-corrected chi connectivity index (χ4v) is 2.03. The minimum atomic E-state index is -2.82. The molecule has 0 aliphatic heterocycles. The number of hydrogen-bond donors (Lipinski definition) is 0. The Kier molecular flexibility index (Phi) is 4.24. The van der Waals surface area contributed by atoms with Crippen LogP contribution in [0.3, 0.4) is 0 Å². The maximum Gasteiger partial charge on any atom is 0.299 e. The van der Waals surface area contributed by atoms with Crippen LogP contribution in [0.25, 0.3) is 11.4 Å². The minimum Gasteiger partial charge on any atom is -0.238 e. The molecule has 0 fully saturated rings. The summed E-state index contributed by atoms with van der Waals surface area (Å²) < 4.78 is 40.0. The Hall–Kier alpha value is -2.48. The van der Waals surface area contributed by atoms with Crippen molar-refractivity contribution in [3.63, 3.8) is 0 Å². The Morgan fingerprint density at radius 2 is 1.74 bits per heavy atom. The normalized spacial score (nSPS) is 11.2. The molecule has 0 N–H and O–H groups in total. The van der Waals surface area contributed by atoms with Gasteiger partial charge in [0.2, 0.25) is 5.82 Å². The van der Waals surface area contributed by atoms with E-state index in [1.54, 1.807) is 0 Å². The summed E-state index contributed by atoms with van der Waals surface area (Å²) in [5.41, 5.74) is 0.458. The number of alkyl halides is 2. The number of halogens is 4. The summed E-state index contributed by atoms with van der Waals surface area (Å²) in [5.74, 6) is -0.532. The van der Waals surface area contributed by atoms with E-state index in [0.29, 0.717) is 16.4 Å². The third-order valence-corrected chi connectivity index (χ3v) is 3.15. The number of aromatic nitrogens is 5. The predicted octanol–water partition coefficient (Wildman–Crippen LogP) is 3.51. The van der Waals surface area contributed by atoms with E-state index in [4.69, 9.17) is 11.6 Å². The highest BCUT2D eigenvalue weighted by molar-refractivity contribution is 6.30. The van der Waals surface area contributed by atoms with Crippen LogP contribution in [-0.2, 0) is 6.54 Å². The largest absolute Gasteiger partial charge is 0.299 e. The van der Waals surface area contributed by atoms with Gasteiger partial charge in [0.25, 0.3) is 6.43 Å². The number of nitrogens with zero attached hydrogens (tertiary/aromatic N) is 5. The fourth-order valence-electron chi connectivity index (χ4n) is 1.93. The summed E-state index contributed by atoms with van der Waals surface area (Å²) >= 11 is 5.71. The molecule has 0 saturated carbocycles. The van der Waals surface area contributed by atoms with Crippen LogP contribution in [0.2, 0.25) is 5.02 Å². The lowest BCUT2D eigenvalue weighted by atomic mass is 10.2. The molecule has 23 heavy (non-hydrogen) atoms. The third-order valence-electron chi connectivity index (χ3n) is 2.95. The molecule has 1 aromatic carbocycles. The average molecular weight is 340 g/mol. The van der Waals surface area contributed by atoms with Crippen LogP contribution >= 0.6 is 11.6 Å². The molecule has 0 amide bonds. The molecule has 3 aromatic rings. The molecular weight excluding hydrogens is 331 g/mol. The van der Waals surface area contributed by atoms with Crippen molar-refractivity contribution >= 4 is 11.6 Å². The van der Waals surface area contributed by atoms with E-state index in [9.17, 15) is 13.2 Å². The highest BCUT2D eigenvalue weighted by atomic mass is 35.5. The van der Waals surface area contributed by atoms with Crippen molar-refractivity contribution < 1.29 is 13.2 Å². The molecule has 5 nitrogen and oxygen atoms in total. The molecule has 0 saturated heterocycles. The molecular formula is C14H9ClF3N5. The predicted molar refractivity (Wildman–Crippen MR) is 76.5 cm³/mol. The summed E-state index contributed by atoms with van der Waals surface area (Å²) in [5, 5.41) is 4.14. The monoisotopic (exact) mass is 339 g/mol. The Labute approximate surface area is 133 Å². The smallest absolute Gasteiger partial charge is 0.238 e. The van der Waals surface area contributed by atoms with E-state index in [1.807, 2.05) is 0 Å². The van der Waals surface area contributed by atoms with E-state index in [-0.39, 0.29) is 12.4 Å². The fraction of sp³-hybridized carbons (Fsp3) is 0.143. The molecule has 118 valence electrons. The molecule has 0 unspecified atom stereocenters. The number of hydrogen-bond acceptors (Lipinski definition) is 4. The summed E-state index contributed by atoms with van der Waals surface area (Å²) in [6.07, 6.45) is -0.0275. The second-order valence-electron chi connectivity index (χ2n) is 4.58. The zero-order chi connectivity index (χ0) is 16.4. The van der Waals surface area contributed by atoms with Crippen LogP contribution in [0.5, 0.6) is 0 Å². The van der Waals surface area contributed by atoms with Gasteiger partial charge in [-0.25, -0.2) is 32.8 Å². The zero-order valence-corrected chi connectivity index (χ0v) is 12.3. The molecule has 0 radical (unpaired) electrons. The first-order valence-corrected chi connectivity index (χ1v) is 6.86. The summed E-state index contributed by atoms with van der Waals surface area (Å²) in [7, 11) is 0. The van der Waals surface area contributed by atoms with Crippen LogP contribution < -0.4 is 0 Å². The first kappa shape index (κ1) is 15.4. The summed E-state index contributed by atoms with van der Waals surface area (Å²) in [6.45, 7) is 0.0313. The maximum atomic E-state index is 13.0. The Bertz CT molecular complexity index is 802. The van der Waals surface area contributed by atoms with Gasteiger partial charge in [0.05, 0.1) is 5.02 Å². The molecule has 0 aliphatic carbocycles. The van der Waals surface area contributed by atoms with Crippen molar-refractivity contribution in [1.82, 2.24) is 24.7 Å². The zero-order valence-electron chi connectivity index (χ0n) is 11.5. The van der Waals surface area contributed by atoms with Gasteiger partial charge in [-0.1, -0.05) is 11.6 Å². The maximum absolute atomic E-state index is 13.0. The van der Waals surface area contributed by atoms with Crippen molar-refractivity contribution in [3.05, 3.63) is 59.1 Å². The number of benzene rings is 1. The molecule has 2 heterocycles. The van der Waals surface area contributed by atoms with Crippen LogP contribution in [0, 0.1) is 5.82 Å². The molecule has 2 aromatic heterocycles. The van der Waals surface area contributed by atoms with Crippen LogP contribution in [0.4, 0.5) is 13.2 Å². The molecule has 0 aliphatic rings. The topological polar surface area (TPSA) is 56.5 Å². The quantitative estimate of drug-likeness (QED) is 0.730. The SMILES string of the molecule is Fc1ccc(-c2nc(C(F)F)nn2Cc2ncc(Cl)cn2)cc1. The van der Waals surface area contributed by atoms with Gasteiger partial charge in [-0.15, -0.1) is 5.10 Å². The molecule has 0 bridgehead atoms. The second-order valence-corrected chi connectivity index (χ2v) is 5.01. The van der Waals surface area contributed by atoms with Gasteiger partial charge in [-0.05, 0) is 24.3 Å². The van der Waals surface area contributed by atoms with E-state index in [0.717, 1.165) is 0 Å². The van der Waals surface area contributed by atoms with Gasteiger partial charge in [-0.3, -0.25) is 0 Å². The lowest BCUT2D eigenvalue weighted by Crippen LogP contribution is -2.07. The molecule has 0 atom stereocenters. The summed E-state index contributed by atoms with van der Waals surface area (Å²) in [4.78, 5) is 11.8. The minimum absolute atomic E-state index is 0.0313. The Morgan fingerprint density at radius 3 is 2.35 bits per heavy atom. The van der Waals surface area contributed by atoms with Gasteiger partial charge in [0.1, 0.15) is 18.2 Å².